The molecule has 0 bridgehead atoms. The average molecular weight is 278 g/mol. The molecule has 0 aliphatic rings. The zero-order valence-corrected chi connectivity index (χ0v) is 13.6. The molecule has 0 amide bonds. The van der Waals surface area contributed by atoms with E-state index in [0.29, 0.717) is 11.7 Å². The Morgan fingerprint density at radius 3 is 2.50 bits per heavy atom. The summed E-state index contributed by atoms with van der Waals surface area (Å²) in [6.07, 6.45) is 2.26. The maximum absolute atomic E-state index is 10.2. The van der Waals surface area contributed by atoms with E-state index in [0.717, 1.165) is 37.2 Å². The summed E-state index contributed by atoms with van der Waals surface area (Å²) >= 11 is 0. The number of hydrogen-bond acceptors (Lipinski definition) is 3. The SMILES string of the molecule is CCCNC(C)c1ccc(N(C)CCC(C)C)cc1O. The number of phenolic OH excluding ortho intramolecular Hbond substituents is 1. The fourth-order valence-corrected chi connectivity index (χ4v) is 2.19. The molecular weight excluding hydrogens is 248 g/mol. The van der Waals surface area contributed by atoms with E-state index >= 15 is 0 Å². The van der Waals surface area contributed by atoms with Crippen molar-refractivity contribution >= 4 is 5.69 Å². The van der Waals surface area contributed by atoms with Crippen LogP contribution in [-0.2, 0) is 0 Å². The van der Waals surface area contributed by atoms with E-state index in [4.69, 9.17) is 0 Å². The first-order chi connectivity index (χ1) is 9.45. The lowest BCUT2D eigenvalue weighted by Gasteiger charge is -2.22. The number of aromatic hydroxyl groups is 1. The van der Waals surface area contributed by atoms with Crippen molar-refractivity contribution in [3.05, 3.63) is 23.8 Å². The van der Waals surface area contributed by atoms with Gasteiger partial charge in [0.25, 0.3) is 0 Å². The number of benzene rings is 1. The lowest BCUT2D eigenvalue weighted by atomic mass is 10.1. The van der Waals surface area contributed by atoms with Gasteiger partial charge in [0, 0.05) is 37.0 Å². The van der Waals surface area contributed by atoms with E-state index in [1.54, 1.807) is 0 Å². The van der Waals surface area contributed by atoms with Crippen molar-refractivity contribution in [2.24, 2.45) is 5.92 Å². The van der Waals surface area contributed by atoms with Crippen molar-refractivity contribution in [3.63, 3.8) is 0 Å². The minimum atomic E-state index is 0.185. The molecule has 20 heavy (non-hydrogen) atoms. The molecule has 1 aromatic rings. The van der Waals surface area contributed by atoms with Gasteiger partial charge in [-0.25, -0.2) is 0 Å². The lowest BCUT2D eigenvalue weighted by molar-refractivity contribution is 0.452. The van der Waals surface area contributed by atoms with Gasteiger partial charge in [-0.2, -0.15) is 0 Å². The van der Waals surface area contributed by atoms with Gasteiger partial charge < -0.3 is 15.3 Å². The molecule has 0 radical (unpaired) electrons. The summed E-state index contributed by atoms with van der Waals surface area (Å²) in [5, 5.41) is 13.6. The fourth-order valence-electron chi connectivity index (χ4n) is 2.19. The zero-order chi connectivity index (χ0) is 15.1. The Labute approximate surface area is 124 Å². The molecule has 1 rings (SSSR count). The topological polar surface area (TPSA) is 35.5 Å². The highest BCUT2D eigenvalue weighted by Crippen LogP contribution is 2.28. The molecule has 1 aromatic carbocycles. The highest BCUT2D eigenvalue weighted by Gasteiger charge is 2.11. The predicted molar refractivity (Wildman–Crippen MR) is 87.5 cm³/mol. The van der Waals surface area contributed by atoms with Crippen LogP contribution in [0.5, 0.6) is 5.75 Å². The van der Waals surface area contributed by atoms with Crippen LogP contribution in [0.25, 0.3) is 0 Å². The molecule has 1 unspecified atom stereocenters. The Hall–Kier alpha value is -1.22. The van der Waals surface area contributed by atoms with Crippen LogP contribution in [0, 0.1) is 5.92 Å². The molecule has 0 saturated heterocycles. The van der Waals surface area contributed by atoms with E-state index in [1.165, 1.54) is 0 Å². The van der Waals surface area contributed by atoms with Crippen molar-refractivity contribution in [2.75, 3.05) is 25.0 Å². The van der Waals surface area contributed by atoms with Gasteiger partial charge in [0.1, 0.15) is 5.75 Å². The molecular formula is C17H30N2O. The number of nitrogens with one attached hydrogen (secondary N) is 1. The van der Waals surface area contributed by atoms with Gasteiger partial charge in [-0.15, -0.1) is 0 Å². The molecule has 0 aromatic heterocycles. The molecule has 114 valence electrons. The van der Waals surface area contributed by atoms with Gasteiger partial charge in [-0.3, -0.25) is 0 Å². The molecule has 3 heteroatoms. The molecule has 0 heterocycles. The van der Waals surface area contributed by atoms with Gasteiger partial charge in [0.2, 0.25) is 0 Å². The fraction of sp³-hybridized carbons (Fsp3) is 0.647. The Balaban J connectivity index is 2.71. The summed E-state index contributed by atoms with van der Waals surface area (Å²) in [7, 11) is 2.08. The summed E-state index contributed by atoms with van der Waals surface area (Å²) in [4.78, 5) is 2.20. The van der Waals surface area contributed by atoms with E-state index in [-0.39, 0.29) is 6.04 Å². The number of phenols is 1. The van der Waals surface area contributed by atoms with Crippen LogP contribution in [0.4, 0.5) is 5.69 Å². The van der Waals surface area contributed by atoms with Crippen LogP contribution >= 0.6 is 0 Å². The summed E-state index contributed by atoms with van der Waals surface area (Å²) in [5.41, 5.74) is 2.05. The van der Waals surface area contributed by atoms with Gasteiger partial charge in [-0.05, 0) is 38.3 Å². The first-order valence-corrected chi connectivity index (χ1v) is 7.73. The summed E-state index contributed by atoms with van der Waals surface area (Å²) in [5.74, 6) is 1.08. The maximum atomic E-state index is 10.2. The second kappa shape index (κ2) is 8.15. The quantitative estimate of drug-likeness (QED) is 0.756. The van der Waals surface area contributed by atoms with Crippen LogP contribution in [-0.4, -0.2) is 25.2 Å². The highest BCUT2D eigenvalue weighted by molar-refractivity contribution is 5.53. The van der Waals surface area contributed by atoms with Crippen LogP contribution < -0.4 is 10.2 Å². The van der Waals surface area contributed by atoms with Crippen LogP contribution in [0.1, 0.15) is 52.1 Å². The van der Waals surface area contributed by atoms with Crippen molar-refractivity contribution < 1.29 is 5.11 Å². The molecule has 3 nitrogen and oxygen atoms in total. The van der Waals surface area contributed by atoms with Gasteiger partial charge in [0.15, 0.2) is 0 Å². The van der Waals surface area contributed by atoms with E-state index in [2.05, 4.69) is 51.0 Å². The first kappa shape index (κ1) is 16.8. The monoisotopic (exact) mass is 278 g/mol. The third kappa shape index (κ3) is 5.04. The van der Waals surface area contributed by atoms with Gasteiger partial charge >= 0.3 is 0 Å². The molecule has 0 fully saturated rings. The zero-order valence-electron chi connectivity index (χ0n) is 13.6. The third-order valence-electron chi connectivity index (χ3n) is 3.66. The van der Waals surface area contributed by atoms with Crippen LogP contribution in [0.3, 0.4) is 0 Å². The Morgan fingerprint density at radius 1 is 1.25 bits per heavy atom. The van der Waals surface area contributed by atoms with Crippen molar-refractivity contribution in [1.29, 1.82) is 0 Å². The second-order valence-corrected chi connectivity index (χ2v) is 6.02. The highest BCUT2D eigenvalue weighted by atomic mass is 16.3. The minimum absolute atomic E-state index is 0.185. The first-order valence-electron chi connectivity index (χ1n) is 7.73. The van der Waals surface area contributed by atoms with Crippen LogP contribution in [0.15, 0.2) is 18.2 Å². The summed E-state index contributed by atoms with van der Waals surface area (Å²) in [6.45, 7) is 10.7. The van der Waals surface area contributed by atoms with Crippen LogP contribution in [0.2, 0.25) is 0 Å². The molecule has 1 atom stereocenters. The minimum Gasteiger partial charge on any atom is -0.508 e. The molecule has 0 aliphatic carbocycles. The molecule has 0 saturated carbocycles. The molecule has 0 spiro atoms. The lowest BCUT2D eigenvalue weighted by Crippen LogP contribution is -2.21. The van der Waals surface area contributed by atoms with Crippen molar-refractivity contribution in [1.82, 2.24) is 5.32 Å². The van der Waals surface area contributed by atoms with Gasteiger partial charge in [-0.1, -0.05) is 26.8 Å². The molecule has 2 N–H and O–H groups in total. The average Bonchev–Trinajstić information content (AvgIpc) is 2.41. The van der Waals surface area contributed by atoms with Crippen molar-refractivity contribution in [2.45, 2.75) is 46.6 Å². The second-order valence-electron chi connectivity index (χ2n) is 6.02. The predicted octanol–water partition coefficient (Wildman–Crippen LogP) is 3.94. The number of nitrogens with zero attached hydrogens (tertiary/aromatic N) is 1. The standard InChI is InChI=1S/C17H30N2O/c1-6-10-18-14(4)16-8-7-15(12-17(16)20)19(5)11-9-13(2)3/h7-8,12-14,18,20H,6,9-11H2,1-5H3. The Morgan fingerprint density at radius 2 is 1.95 bits per heavy atom. The summed E-state index contributed by atoms with van der Waals surface area (Å²) in [6, 6.07) is 6.19. The normalized spacial score (nSPS) is 12.7. The molecule has 0 aliphatic heterocycles. The van der Waals surface area contributed by atoms with E-state index in [9.17, 15) is 5.11 Å². The van der Waals surface area contributed by atoms with Crippen molar-refractivity contribution in [3.8, 4) is 5.75 Å². The number of hydrogen-bond donors (Lipinski definition) is 2. The summed E-state index contributed by atoms with van der Waals surface area (Å²) < 4.78 is 0. The third-order valence-corrected chi connectivity index (χ3v) is 3.66. The van der Waals surface area contributed by atoms with E-state index < -0.39 is 0 Å². The Bertz CT molecular complexity index is 404. The largest absolute Gasteiger partial charge is 0.508 e. The van der Waals surface area contributed by atoms with E-state index in [1.807, 2.05) is 12.1 Å². The smallest absolute Gasteiger partial charge is 0.122 e. The number of rotatable bonds is 8. The van der Waals surface area contributed by atoms with Gasteiger partial charge in [0.05, 0.1) is 0 Å². The maximum Gasteiger partial charge on any atom is 0.122 e. The Kier molecular flexibility index (Phi) is 6.86. The number of anilines is 1.